The van der Waals surface area contributed by atoms with Gasteiger partial charge in [0, 0.05) is 12.1 Å². The van der Waals surface area contributed by atoms with Crippen LogP contribution in [0.2, 0.25) is 0 Å². The van der Waals surface area contributed by atoms with Gasteiger partial charge in [0.05, 0.1) is 12.6 Å². The minimum absolute atomic E-state index is 0.0572. The molecular weight excluding hydrogens is 350 g/mol. The highest BCUT2D eigenvalue weighted by atomic mass is 16.5. The fourth-order valence-corrected chi connectivity index (χ4v) is 4.39. The van der Waals surface area contributed by atoms with Crippen molar-refractivity contribution in [1.29, 1.82) is 0 Å². The van der Waals surface area contributed by atoms with Crippen LogP contribution >= 0.6 is 0 Å². The molecule has 1 saturated carbocycles. The smallest absolute Gasteiger partial charge is 0.317 e. The molecule has 0 amide bonds. The second-order valence-electron chi connectivity index (χ2n) is 9.17. The molecule has 1 aliphatic carbocycles. The molecule has 0 aliphatic heterocycles. The van der Waals surface area contributed by atoms with Crippen molar-refractivity contribution in [3.05, 3.63) is 41.5 Å². The summed E-state index contributed by atoms with van der Waals surface area (Å²) in [5.74, 6) is 0.801. The highest BCUT2D eigenvalue weighted by Crippen LogP contribution is 2.40. The van der Waals surface area contributed by atoms with Gasteiger partial charge in [0.15, 0.2) is 0 Å². The van der Waals surface area contributed by atoms with E-state index in [2.05, 4.69) is 51.2 Å². The van der Waals surface area contributed by atoms with Gasteiger partial charge in [-0.15, -0.1) is 0 Å². The number of aliphatic carboxylic acids is 1. The minimum Gasteiger partial charge on any atom is -0.490 e. The fourth-order valence-electron chi connectivity index (χ4n) is 4.39. The standard InChI is InChI=1S/C24H33NO3/c1-16-13-22(28-18-11-9-17(10-12-18)24(2,3)4)21(14-25-15-23(26)27)20-8-6-5-7-19(16)20/h5-8,13,17-18,25H,9-12,14-15H2,1-4H3,(H,26,27). The summed E-state index contributed by atoms with van der Waals surface area (Å²) < 4.78 is 6.51. The first kappa shape index (κ1) is 20.7. The Kier molecular flexibility index (Phi) is 6.29. The maximum Gasteiger partial charge on any atom is 0.317 e. The molecule has 0 unspecified atom stereocenters. The fraction of sp³-hybridized carbons (Fsp3) is 0.542. The molecule has 152 valence electrons. The van der Waals surface area contributed by atoms with Gasteiger partial charge in [0.25, 0.3) is 0 Å². The van der Waals surface area contributed by atoms with Crippen LogP contribution in [-0.2, 0) is 11.3 Å². The molecule has 4 nitrogen and oxygen atoms in total. The number of benzene rings is 2. The number of carbonyl (C=O) groups is 1. The summed E-state index contributed by atoms with van der Waals surface area (Å²) in [5, 5.41) is 14.3. The van der Waals surface area contributed by atoms with E-state index in [1.807, 2.05) is 12.1 Å². The highest BCUT2D eigenvalue weighted by Gasteiger charge is 2.30. The van der Waals surface area contributed by atoms with Crippen LogP contribution in [0.5, 0.6) is 5.75 Å². The molecule has 3 rings (SSSR count). The van der Waals surface area contributed by atoms with Gasteiger partial charge >= 0.3 is 5.97 Å². The zero-order valence-corrected chi connectivity index (χ0v) is 17.5. The SMILES string of the molecule is Cc1cc(OC2CCC(C(C)(C)C)CC2)c(CNCC(=O)O)c2ccccc12. The van der Waals surface area contributed by atoms with E-state index >= 15 is 0 Å². The number of nitrogens with one attached hydrogen (secondary N) is 1. The van der Waals surface area contributed by atoms with Gasteiger partial charge in [-0.1, -0.05) is 45.0 Å². The van der Waals surface area contributed by atoms with Gasteiger partial charge < -0.3 is 15.2 Å². The maximum atomic E-state index is 10.9. The van der Waals surface area contributed by atoms with Gasteiger partial charge in [-0.3, -0.25) is 4.79 Å². The number of rotatable bonds is 6. The number of hydrogen-bond acceptors (Lipinski definition) is 3. The van der Waals surface area contributed by atoms with Crippen molar-refractivity contribution >= 4 is 16.7 Å². The molecule has 2 aromatic rings. The molecular formula is C24H33NO3. The average Bonchev–Trinajstić information content (AvgIpc) is 2.64. The molecule has 2 N–H and O–H groups in total. The van der Waals surface area contributed by atoms with Gasteiger partial charge in [-0.25, -0.2) is 0 Å². The van der Waals surface area contributed by atoms with Crippen molar-refractivity contribution in [2.24, 2.45) is 11.3 Å². The van der Waals surface area contributed by atoms with Gasteiger partial charge in [-0.2, -0.15) is 0 Å². The first-order valence-corrected chi connectivity index (χ1v) is 10.4. The Balaban J connectivity index is 1.82. The summed E-state index contributed by atoms with van der Waals surface area (Å²) in [5.41, 5.74) is 2.60. The molecule has 1 fully saturated rings. The highest BCUT2D eigenvalue weighted by molar-refractivity contribution is 5.90. The summed E-state index contributed by atoms with van der Waals surface area (Å²) in [6, 6.07) is 10.4. The largest absolute Gasteiger partial charge is 0.490 e. The zero-order valence-electron chi connectivity index (χ0n) is 17.5. The number of ether oxygens (including phenoxy) is 1. The van der Waals surface area contributed by atoms with Crippen LogP contribution in [0.15, 0.2) is 30.3 Å². The summed E-state index contributed by atoms with van der Waals surface area (Å²) in [6.07, 6.45) is 4.80. The van der Waals surface area contributed by atoms with Crippen LogP contribution in [0, 0.1) is 18.3 Å². The Morgan fingerprint density at radius 2 is 1.79 bits per heavy atom. The van der Waals surface area contributed by atoms with Crippen molar-refractivity contribution in [2.75, 3.05) is 6.54 Å². The van der Waals surface area contributed by atoms with Gasteiger partial charge in [0.2, 0.25) is 0 Å². The van der Waals surface area contributed by atoms with Crippen molar-refractivity contribution in [3.63, 3.8) is 0 Å². The summed E-state index contributed by atoms with van der Waals surface area (Å²) in [6.45, 7) is 9.53. The Bertz CT molecular complexity index is 830. The van der Waals surface area contributed by atoms with Crippen LogP contribution < -0.4 is 10.1 Å². The second kappa shape index (κ2) is 8.52. The Morgan fingerprint density at radius 3 is 2.39 bits per heavy atom. The number of carboxylic acids is 1. The van der Waals surface area contributed by atoms with E-state index in [1.165, 1.54) is 23.8 Å². The molecule has 0 heterocycles. The predicted molar refractivity (Wildman–Crippen MR) is 114 cm³/mol. The lowest BCUT2D eigenvalue weighted by molar-refractivity contribution is -0.136. The average molecular weight is 384 g/mol. The first-order valence-electron chi connectivity index (χ1n) is 10.4. The number of aryl methyl sites for hydroxylation is 1. The molecule has 0 aromatic heterocycles. The van der Waals surface area contributed by atoms with Crippen LogP contribution in [0.25, 0.3) is 10.8 Å². The van der Waals surface area contributed by atoms with E-state index in [0.29, 0.717) is 12.0 Å². The molecule has 28 heavy (non-hydrogen) atoms. The minimum atomic E-state index is -0.848. The molecule has 2 aromatic carbocycles. The number of fused-ring (bicyclic) bond motifs is 1. The van der Waals surface area contributed by atoms with Gasteiger partial charge in [-0.05, 0) is 66.3 Å². The molecule has 0 bridgehead atoms. The van der Waals surface area contributed by atoms with E-state index in [-0.39, 0.29) is 12.6 Å². The summed E-state index contributed by atoms with van der Waals surface area (Å²) in [4.78, 5) is 10.9. The zero-order chi connectivity index (χ0) is 20.3. The third-order valence-electron chi connectivity index (χ3n) is 6.09. The molecule has 0 radical (unpaired) electrons. The third-order valence-corrected chi connectivity index (χ3v) is 6.09. The van der Waals surface area contributed by atoms with E-state index in [1.54, 1.807) is 0 Å². The topological polar surface area (TPSA) is 58.6 Å². The van der Waals surface area contributed by atoms with Crippen LogP contribution in [-0.4, -0.2) is 23.7 Å². The Morgan fingerprint density at radius 1 is 1.14 bits per heavy atom. The van der Waals surface area contributed by atoms with Crippen molar-refractivity contribution in [1.82, 2.24) is 5.32 Å². The van der Waals surface area contributed by atoms with Crippen molar-refractivity contribution in [2.45, 2.75) is 66.0 Å². The molecule has 0 atom stereocenters. The van der Waals surface area contributed by atoms with E-state index in [0.717, 1.165) is 35.5 Å². The number of carboxylic acid groups (broad SMARTS) is 1. The van der Waals surface area contributed by atoms with Crippen molar-refractivity contribution in [3.8, 4) is 5.75 Å². The van der Waals surface area contributed by atoms with Crippen LogP contribution in [0.4, 0.5) is 0 Å². The Hall–Kier alpha value is -2.07. The maximum absolute atomic E-state index is 10.9. The van der Waals surface area contributed by atoms with E-state index in [4.69, 9.17) is 9.84 Å². The molecule has 4 heteroatoms. The van der Waals surface area contributed by atoms with Crippen molar-refractivity contribution < 1.29 is 14.6 Å². The lowest BCUT2D eigenvalue weighted by Gasteiger charge is -2.37. The molecule has 1 aliphatic rings. The lowest BCUT2D eigenvalue weighted by Crippen LogP contribution is -2.31. The van der Waals surface area contributed by atoms with Gasteiger partial charge in [0.1, 0.15) is 5.75 Å². The number of hydrogen-bond donors (Lipinski definition) is 2. The first-order chi connectivity index (χ1) is 13.3. The second-order valence-corrected chi connectivity index (χ2v) is 9.17. The lowest BCUT2D eigenvalue weighted by atomic mass is 9.72. The van der Waals surface area contributed by atoms with E-state index < -0.39 is 5.97 Å². The van der Waals surface area contributed by atoms with Crippen LogP contribution in [0.3, 0.4) is 0 Å². The predicted octanol–water partition coefficient (Wildman–Crippen LogP) is 5.31. The Labute approximate surface area is 168 Å². The normalized spacial score (nSPS) is 20.3. The summed E-state index contributed by atoms with van der Waals surface area (Å²) >= 11 is 0. The summed E-state index contributed by atoms with van der Waals surface area (Å²) in [7, 11) is 0. The monoisotopic (exact) mass is 383 g/mol. The molecule has 0 saturated heterocycles. The molecule has 0 spiro atoms. The quantitative estimate of drug-likeness (QED) is 0.710. The third kappa shape index (κ3) is 4.85. The van der Waals surface area contributed by atoms with Crippen LogP contribution in [0.1, 0.15) is 57.6 Å². The van der Waals surface area contributed by atoms with E-state index in [9.17, 15) is 4.79 Å².